The van der Waals surface area contributed by atoms with Gasteiger partial charge in [0.1, 0.15) is 0 Å². The summed E-state index contributed by atoms with van der Waals surface area (Å²) in [5.74, 6) is 0.146. The minimum absolute atomic E-state index is 0.146. The first-order chi connectivity index (χ1) is 10.6. The average Bonchev–Trinajstić information content (AvgIpc) is 2.49. The van der Waals surface area contributed by atoms with Gasteiger partial charge in [0.15, 0.2) is 0 Å². The lowest BCUT2D eigenvalue weighted by atomic mass is 10.1. The van der Waals surface area contributed by atoms with E-state index in [-0.39, 0.29) is 5.91 Å². The highest BCUT2D eigenvalue weighted by molar-refractivity contribution is 6.60. The van der Waals surface area contributed by atoms with Gasteiger partial charge in [-0.2, -0.15) is 0 Å². The van der Waals surface area contributed by atoms with Gasteiger partial charge in [-0.3, -0.25) is 4.79 Å². The van der Waals surface area contributed by atoms with E-state index in [2.05, 4.69) is 12.2 Å². The highest BCUT2D eigenvalue weighted by atomic mass is 28.4. The van der Waals surface area contributed by atoms with Crippen molar-refractivity contribution in [3.05, 3.63) is 0 Å². The fourth-order valence-electron chi connectivity index (χ4n) is 2.33. The van der Waals surface area contributed by atoms with Crippen LogP contribution >= 0.6 is 0 Å². The summed E-state index contributed by atoms with van der Waals surface area (Å²) >= 11 is 0. The molecule has 0 aliphatic heterocycles. The van der Waals surface area contributed by atoms with Crippen LogP contribution in [0.3, 0.4) is 0 Å². The van der Waals surface area contributed by atoms with Crippen LogP contribution in [-0.4, -0.2) is 41.1 Å². The molecule has 22 heavy (non-hydrogen) atoms. The predicted molar refractivity (Wildman–Crippen MR) is 91.8 cm³/mol. The standard InChI is InChI=1S/C16H35NO4Si/c1-5-9-10-11-13-16(18)17-14-12-15-22(19-6-2,20-7-3)21-8-4/h5-15H2,1-4H3,(H,17,18). The largest absolute Gasteiger partial charge is 0.500 e. The van der Waals surface area contributed by atoms with Gasteiger partial charge < -0.3 is 18.6 Å². The van der Waals surface area contributed by atoms with Crippen LogP contribution in [0.5, 0.6) is 0 Å². The maximum Gasteiger partial charge on any atom is 0.500 e. The van der Waals surface area contributed by atoms with Crippen molar-refractivity contribution in [1.82, 2.24) is 5.32 Å². The Labute approximate surface area is 137 Å². The summed E-state index contributed by atoms with van der Waals surface area (Å²) in [5, 5.41) is 2.98. The molecule has 0 unspecified atom stereocenters. The van der Waals surface area contributed by atoms with Gasteiger partial charge in [0.05, 0.1) is 0 Å². The van der Waals surface area contributed by atoms with Gasteiger partial charge in [0, 0.05) is 38.8 Å². The second-order valence-electron chi connectivity index (χ2n) is 5.25. The Bertz CT molecular complexity index is 260. The molecule has 0 spiro atoms. The quantitative estimate of drug-likeness (QED) is 0.368. The van der Waals surface area contributed by atoms with Gasteiger partial charge in [-0.1, -0.05) is 26.2 Å². The van der Waals surface area contributed by atoms with E-state index in [1.807, 2.05) is 20.8 Å². The Morgan fingerprint density at radius 2 is 1.45 bits per heavy atom. The first-order valence-electron chi connectivity index (χ1n) is 8.82. The van der Waals surface area contributed by atoms with Crippen molar-refractivity contribution >= 4 is 14.7 Å². The van der Waals surface area contributed by atoms with Gasteiger partial charge in [0.2, 0.25) is 5.91 Å². The molecule has 1 N–H and O–H groups in total. The number of hydrogen-bond donors (Lipinski definition) is 1. The van der Waals surface area contributed by atoms with E-state index in [4.69, 9.17) is 13.3 Å². The number of unbranched alkanes of at least 4 members (excludes halogenated alkanes) is 3. The summed E-state index contributed by atoms with van der Waals surface area (Å²) in [6.07, 6.45) is 5.98. The summed E-state index contributed by atoms with van der Waals surface area (Å²) in [7, 11) is -2.55. The topological polar surface area (TPSA) is 56.8 Å². The molecule has 0 aliphatic rings. The molecule has 6 heteroatoms. The summed E-state index contributed by atoms with van der Waals surface area (Å²) in [5.41, 5.74) is 0. The molecule has 1 amide bonds. The van der Waals surface area contributed by atoms with E-state index in [0.717, 1.165) is 25.3 Å². The third kappa shape index (κ3) is 10.3. The molecule has 0 aromatic heterocycles. The summed E-state index contributed by atoms with van der Waals surface area (Å²) in [6, 6.07) is 0.749. The molecule has 0 rings (SSSR count). The fraction of sp³-hybridized carbons (Fsp3) is 0.938. The van der Waals surface area contributed by atoms with Crippen LogP contribution in [0.2, 0.25) is 6.04 Å². The van der Waals surface area contributed by atoms with Crippen LogP contribution in [0.1, 0.15) is 66.2 Å². The summed E-state index contributed by atoms with van der Waals surface area (Å²) in [6.45, 7) is 10.5. The molecule has 0 bridgehead atoms. The van der Waals surface area contributed by atoms with Crippen molar-refractivity contribution in [2.24, 2.45) is 0 Å². The van der Waals surface area contributed by atoms with E-state index < -0.39 is 8.80 Å². The van der Waals surface area contributed by atoms with Gasteiger partial charge in [-0.25, -0.2) is 0 Å². The molecule has 0 aromatic rings. The normalized spacial score (nSPS) is 11.6. The number of hydrogen-bond acceptors (Lipinski definition) is 4. The molecule has 0 radical (unpaired) electrons. The molecular weight excluding hydrogens is 298 g/mol. The van der Waals surface area contributed by atoms with E-state index in [1.165, 1.54) is 12.8 Å². The number of carbonyl (C=O) groups is 1. The third-order valence-corrected chi connectivity index (χ3v) is 6.48. The molecule has 0 aromatic carbocycles. The van der Waals surface area contributed by atoms with Crippen LogP contribution in [0.25, 0.3) is 0 Å². The van der Waals surface area contributed by atoms with Crippen LogP contribution in [0.15, 0.2) is 0 Å². The zero-order valence-electron chi connectivity index (χ0n) is 14.9. The molecule has 0 saturated heterocycles. The molecule has 0 aliphatic carbocycles. The van der Waals surface area contributed by atoms with Crippen LogP contribution < -0.4 is 5.32 Å². The van der Waals surface area contributed by atoms with Crippen molar-refractivity contribution in [2.45, 2.75) is 72.3 Å². The second-order valence-corrected chi connectivity index (χ2v) is 7.98. The van der Waals surface area contributed by atoms with E-state index in [1.54, 1.807) is 0 Å². The van der Waals surface area contributed by atoms with E-state index in [0.29, 0.717) is 32.8 Å². The molecule has 0 saturated carbocycles. The first kappa shape index (κ1) is 21.6. The van der Waals surface area contributed by atoms with Gasteiger partial charge in [0.25, 0.3) is 0 Å². The Kier molecular flexibility index (Phi) is 13.9. The summed E-state index contributed by atoms with van der Waals surface area (Å²) < 4.78 is 17.4. The van der Waals surface area contributed by atoms with E-state index >= 15 is 0 Å². The van der Waals surface area contributed by atoms with Gasteiger partial charge >= 0.3 is 8.80 Å². The molecule has 0 heterocycles. The Balaban J connectivity index is 3.98. The molecule has 0 fully saturated rings. The lowest BCUT2D eigenvalue weighted by Crippen LogP contribution is -2.46. The van der Waals surface area contributed by atoms with Gasteiger partial charge in [-0.15, -0.1) is 0 Å². The zero-order chi connectivity index (χ0) is 16.7. The van der Waals surface area contributed by atoms with Crippen LogP contribution in [0, 0.1) is 0 Å². The fourth-order valence-corrected chi connectivity index (χ4v) is 4.95. The first-order valence-corrected chi connectivity index (χ1v) is 10.8. The van der Waals surface area contributed by atoms with Gasteiger partial charge in [-0.05, 0) is 33.6 Å². The SMILES string of the molecule is CCCCCCC(=O)NCCC[Si](OCC)(OCC)OCC. The highest BCUT2D eigenvalue weighted by Crippen LogP contribution is 2.17. The molecule has 5 nitrogen and oxygen atoms in total. The average molecular weight is 334 g/mol. The molecule has 0 atom stereocenters. The number of amides is 1. The highest BCUT2D eigenvalue weighted by Gasteiger charge is 2.39. The minimum Gasteiger partial charge on any atom is -0.374 e. The third-order valence-electron chi connectivity index (χ3n) is 3.33. The Hall–Kier alpha value is -0.433. The van der Waals surface area contributed by atoms with Crippen LogP contribution in [0.4, 0.5) is 0 Å². The maximum absolute atomic E-state index is 11.7. The second kappa shape index (κ2) is 14.2. The van der Waals surface area contributed by atoms with Crippen molar-refractivity contribution in [1.29, 1.82) is 0 Å². The van der Waals surface area contributed by atoms with E-state index in [9.17, 15) is 4.79 Å². The lowest BCUT2D eigenvalue weighted by molar-refractivity contribution is -0.121. The minimum atomic E-state index is -2.55. The maximum atomic E-state index is 11.7. The monoisotopic (exact) mass is 333 g/mol. The number of nitrogens with one attached hydrogen (secondary N) is 1. The smallest absolute Gasteiger partial charge is 0.374 e. The summed E-state index contributed by atoms with van der Waals surface area (Å²) in [4.78, 5) is 11.7. The van der Waals surface area contributed by atoms with Crippen molar-refractivity contribution < 1.29 is 18.1 Å². The van der Waals surface area contributed by atoms with Crippen LogP contribution in [-0.2, 0) is 18.1 Å². The Morgan fingerprint density at radius 3 is 1.95 bits per heavy atom. The number of rotatable bonds is 15. The lowest BCUT2D eigenvalue weighted by Gasteiger charge is -2.28. The van der Waals surface area contributed by atoms with Crippen molar-refractivity contribution in [2.75, 3.05) is 26.4 Å². The predicted octanol–water partition coefficient (Wildman–Crippen LogP) is 3.51. The zero-order valence-corrected chi connectivity index (χ0v) is 15.9. The van der Waals surface area contributed by atoms with Crippen molar-refractivity contribution in [3.63, 3.8) is 0 Å². The van der Waals surface area contributed by atoms with Crippen molar-refractivity contribution in [3.8, 4) is 0 Å². The molecule has 132 valence electrons. The number of carbonyl (C=O) groups excluding carboxylic acids is 1. The Morgan fingerprint density at radius 1 is 0.864 bits per heavy atom. The molecular formula is C16H35NO4Si.